The molecule has 0 aromatic carbocycles. The van der Waals surface area contributed by atoms with Gasteiger partial charge < -0.3 is 17.4 Å². The summed E-state index contributed by atoms with van der Waals surface area (Å²) < 4.78 is 0.968. The number of hydrogen-bond donors (Lipinski definition) is 0. The van der Waals surface area contributed by atoms with Crippen molar-refractivity contribution in [1.29, 1.82) is 0 Å². The SMILES string of the molecule is Brc1c[c-]cnc1.[Cl-].[Cu+].[Li+]. The van der Waals surface area contributed by atoms with Crippen molar-refractivity contribution in [3.8, 4) is 0 Å². The summed E-state index contributed by atoms with van der Waals surface area (Å²) in [6, 6.07) is 4.62. The van der Waals surface area contributed by atoms with Gasteiger partial charge in [-0.3, -0.25) is 0 Å². The van der Waals surface area contributed by atoms with Crippen LogP contribution in [0, 0.1) is 6.07 Å². The molecule has 0 aliphatic heterocycles. The van der Waals surface area contributed by atoms with Crippen LogP contribution in [-0.2, 0) is 17.1 Å². The third-order valence-corrected chi connectivity index (χ3v) is 1.00. The number of hydrogen-bond acceptors (Lipinski definition) is 1. The molecule has 0 unspecified atom stereocenters. The molecule has 5 heteroatoms. The van der Waals surface area contributed by atoms with Gasteiger partial charge in [0.25, 0.3) is 0 Å². The van der Waals surface area contributed by atoms with Crippen molar-refractivity contribution in [3.63, 3.8) is 0 Å². The normalized spacial score (nSPS) is 6.10. The summed E-state index contributed by atoms with van der Waals surface area (Å²) in [4.78, 5) is 3.78. The van der Waals surface area contributed by atoms with E-state index in [1.807, 2.05) is 6.07 Å². The molecule has 1 heterocycles. The fourth-order valence-corrected chi connectivity index (χ4v) is 0.556. The first-order valence-corrected chi connectivity index (χ1v) is 2.65. The minimum atomic E-state index is 0. The Morgan fingerprint density at radius 3 is 2.30 bits per heavy atom. The Kier molecular flexibility index (Phi) is 17.3. The maximum atomic E-state index is 3.78. The molecule has 0 fully saturated rings. The first kappa shape index (κ1) is 17.2. The van der Waals surface area contributed by atoms with E-state index < -0.39 is 0 Å². The van der Waals surface area contributed by atoms with E-state index in [1.165, 1.54) is 0 Å². The van der Waals surface area contributed by atoms with Gasteiger partial charge in [0, 0.05) is 0 Å². The molecule has 10 heavy (non-hydrogen) atoms. The predicted molar refractivity (Wildman–Crippen MR) is 30.8 cm³/mol. The molecule has 0 spiro atoms. The molecule has 0 radical (unpaired) electrons. The number of halogens is 2. The molecule has 1 aromatic heterocycles. The smallest absolute Gasteiger partial charge is 1.00 e. The van der Waals surface area contributed by atoms with E-state index in [0.717, 1.165) is 4.47 Å². The minimum Gasteiger partial charge on any atom is -1.00 e. The van der Waals surface area contributed by atoms with E-state index in [0.29, 0.717) is 0 Å². The van der Waals surface area contributed by atoms with Crippen LogP contribution in [0.15, 0.2) is 22.9 Å². The van der Waals surface area contributed by atoms with Crippen LogP contribution in [0.5, 0.6) is 0 Å². The van der Waals surface area contributed by atoms with Crippen LogP contribution in [0.2, 0.25) is 0 Å². The molecule has 0 aliphatic carbocycles. The van der Waals surface area contributed by atoms with Crippen LogP contribution in [0.1, 0.15) is 0 Å². The topological polar surface area (TPSA) is 12.9 Å². The Morgan fingerprint density at radius 2 is 2.10 bits per heavy atom. The molecule has 1 rings (SSSR count). The van der Waals surface area contributed by atoms with Crippen LogP contribution in [0.4, 0.5) is 0 Å². The van der Waals surface area contributed by atoms with Crippen molar-refractivity contribution < 1.29 is 48.3 Å². The standard InChI is InChI=1S/C5H3BrN.ClH.Cu.Li/c6-5-2-1-3-7-4-5;;;/h2-4H;1H;;/q-1;;2*+1/p-1. The molecule has 54 valence electrons. The van der Waals surface area contributed by atoms with E-state index in [1.54, 1.807) is 12.4 Å². The van der Waals surface area contributed by atoms with E-state index >= 15 is 0 Å². The molecule has 0 saturated heterocycles. The van der Waals surface area contributed by atoms with Crippen molar-refractivity contribution in [2.24, 2.45) is 0 Å². The van der Waals surface area contributed by atoms with Crippen LogP contribution >= 0.6 is 15.9 Å². The molecule has 0 N–H and O–H groups in total. The Labute approximate surface area is 97.6 Å². The summed E-state index contributed by atoms with van der Waals surface area (Å²) in [6.45, 7) is 0. The average Bonchev–Trinajstić information content (AvgIpc) is 1.69. The number of nitrogens with zero attached hydrogens (tertiary/aromatic N) is 1. The molecule has 1 aromatic rings. The summed E-state index contributed by atoms with van der Waals surface area (Å²) >= 11 is 3.22. The van der Waals surface area contributed by atoms with Gasteiger partial charge in [0.05, 0.1) is 0 Å². The van der Waals surface area contributed by atoms with Gasteiger partial charge >= 0.3 is 35.9 Å². The summed E-state index contributed by atoms with van der Waals surface area (Å²) in [5.74, 6) is 0. The monoisotopic (exact) mass is 261 g/mol. The third-order valence-electron chi connectivity index (χ3n) is 0.568. The van der Waals surface area contributed by atoms with E-state index in [-0.39, 0.29) is 48.3 Å². The summed E-state index contributed by atoms with van der Waals surface area (Å²) in [5, 5.41) is 0. The van der Waals surface area contributed by atoms with Crippen molar-refractivity contribution >= 4 is 15.9 Å². The van der Waals surface area contributed by atoms with Gasteiger partial charge in [-0.15, -0.1) is 4.47 Å². The first-order chi connectivity index (χ1) is 3.39. The van der Waals surface area contributed by atoms with Gasteiger partial charge in [-0.1, -0.05) is 6.20 Å². The number of rotatable bonds is 0. The maximum Gasteiger partial charge on any atom is 1.00 e. The zero-order chi connectivity index (χ0) is 5.11. The average molecular weight is 263 g/mol. The van der Waals surface area contributed by atoms with Crippen molar-refractivity contribution in [1.82, 2.24) is 4.98 Å². The molecule has 0 aliphatic rings. The van der Waals surface area contributed by atoms with Crippen molar-refractivity contribution in [3.05, 3.63) is 29.0 Å². The zero-order valence-corrected chi connectivity index (χ0v) is 8.52. The van der Waals surface area contributed by atoms with Gasteiger partial charge in [-0.05, 0) is 6.20 Å². The van der Waals surface area contributed by atoms with Crippen molar-refractivity contribution in [2.45, 2.75) is 0 Å². The quantitative estimate of drug-likeness (QED) is 0.340. The number of pyridine rings is 1. The summed E-state index contributed by atoms with van der Waals surface area (Å²) in [6.07, 6.45) is 3.33. The van der Waals surface area contributed by atoms with E-state index in [9.17, 15) is 0 Å². The predicted octanol–water partition coefficient (Wildman–Crippen LogP) is -4.35. The molecule has 0 bridgehead atoms. The summed E-state index contributed by atoms with van der Waals surface area (Å²) in [7, 11) is 0. The van der Waals surface area contributed by atoms with Gasteiger partial charge in [0.1, 0.15) is 0 Å². The second-order valence-electron chi connectivity index (χ2n) is 1.10. The Hall–Kier alpha value is 1.04. The second kappa shape index (κ2) is 10.0. The first-order valence-electron chi connectivity index (χ1n) is 1.86. The Bertz CT molecular complexity index is 152. The molecule has 0 saturated carbocycles. The molecule has 0 atom stereocenters. The van der Waals surface area contributed by atoms with Crippen molar-refractivity contribution in [2.75, 3.05) is 0 Å². The Morgan fingerprint density at radius 1 is 1.50 bits per heavy atom. The molecular weight excluding hydrogens is 260 g/mol. The van der Waals surface area contributed by atoms with E-state index in [2.05, 4.69) is 27.0 Å². The van der Waals surface area contributed by atoms with Crippen LogP contribution in [0.25, 0.3) is 0 Å². The maximum absolute atomic E-state index is 3.78. The van der Waals surface area contributed by atoms with Gasteiger partial charge in [-0.25, -0.2) is 12.1 Å². The molecule has 1 nitrogen and oxygen atoms in total. The van der Waals surface area contributed by atoms with Gasteiger partial charge in [-0.2, -0.15) is 15.9 Å². The minimum absolute atomic E-state index is 0. The Balaban J connectivity index is -0.000000163. The second-order valence-corrected chi connectivity index (χ2v) is 2.02. The fraction of sp³-hybridized carbons (Fsp3) is 0. The largest absolute Gasteiger partial charge is 1.00 e. The fourth-order valence-electron chi connectivity index (χ4n) is 0.306. The van der Waals surface area contributed by atoms with E-state index in [4.69, 9.17) is 0 Å². The number of aromatic nitrogens is 1. The third kappa shape index (κ3) is 7.15. The zero-order valence-electron chi connectivity index (χ0n) is 5.24. The van der Waals surface area contributed by atoms with Gasteiger partial charge in [0.2, 0.25) is 0 Å². The van der Waals surface area contributed by atoms with Gasteiger partial charge in [0.15, 0.2) is 0 Å². The molecule has 0 amide bonds. The summed E-state index contributed by atoms with van der Waals surface area (Å²) in [5.41, 5.74) is 0. The van der Waals surface area contributed by atoms with Crippen LogP contribution in [-0.4, -0.2) is 4.98 Å². The molecular formula is C5H3BrClCuLiN. The van der Waals surface area contributed by atoms with Crippen LogP contribution in [0.3, 0.4) is 0 Å². The van der Waals surface area contributed by atoms with Crippen LogP contribution < -0.4 is 31.3 Å².